The number of thioether (sulfide) groups is 1. The maximum Gasteiger partial charge on any atom is 0.0386 e. The third-order valence-electron chi connectivity index (χ3n) is 3.35. The van der Waals surface area contributed by atoms with Gasteiger partial charge in [-0.2, -0.15) is 11.8 Å². The van der Waals surface area contributed by atoms with Gasteiger partial charge in [-0.1, -0.05) is 43.2 Å². The van der Waals surface area contributed by atoms with Crippen LogP contribution in [0.25, 0.3) is 0 Å². The number of hydrogen-bond acceptors (Lipinski definition) is 2. The van der Waals surface area contributed by atoms with Gasteiger partial charge in [0.05, 0.1) is 0 Å². The van der Waals surface area contributed by atoms with E-state index in [-0.39, 0.29) is 6.04 Å². The molecule has 0 aromatic heterocycles. The molecule has 0 amide bonds. The minimum absolute atomic E-state index is 0.201. The third kappa shape index (κ3) is 3.53. The molecule has 0 radical (unpaired) electrons. The number of benzene rings is 1. The van der Waals surface area contributed by atoms with Crippen molar-refractivity contribution in [1.29, 1.82) is 0 Å². The van der Waals surface area contributed by atoms with Crippen molar-refractivity contribution >= 4 is 11.8 Å². The van der Waals surface area contributed by atoms with Crippen molar-refractivity contribution in [3.05, 3.63) is 35.9 Å². The molecule has 0 heterocycles. The summed E-state index contributed by atoms with van der Waals surface area (Å²) in [7, 11) is 0. The van der Waals surface area contributed by atoms with E-state index < -0.39 is 0 Å². The van der Waals surface area contributed by atoms with Crippen molar-refractivity contribution < 1.29 is 0 Å². The summed E-state index contributed by atoms with van der Waals surface area (Å²) < 4.78 is 0. The van der Waals surface area contributed by atoms with E-state index in [0.717, 1.165) is 11.7 Å². The van der Waals surface area contributed by atoms with Crippen LogP contribution in [0.1, 0.15) is 37.3 Å². The van der Waals surface area contributed by atoms with E-state index in [2.05, 4.69) is 24.3 Å². The van der Waals surface area contributed by atoms with Crippen LogP contribution in [0.3, 0.4) is 0 Å². The first-order chi connectivity index (χ1) is 7.86. The maximum atomic E-state index is 6.16. The summed E-state index contributed by atoms with van der Waals surface area (Å²) in [5, 5.41) is 0. The standard InChI is InChI=1S/C14H21NS/c15-14(13-8-2-1-3-9-13)11-16-10-12-6-4-5-7-12/h1-3,8-9,12,14H,4-7,10-11,15H2. The minimum Gasteiger partial charge on any atom is -0.323 e. The highest BCUT2D eigenvalue weighted by molar-refractivity contribution is 7.99. The molecule has 2 heteroatoms. The zero-order valence-corrected chi connectivity index (χ0v) is 10.6. The Morgan fingerprint density at radius 2 is 1.88 bits per heavy atom. The molecule has 1 atom stereocenters. The predicted octanol–water partition coefficient (Wildman–Crippen LogP) is 3.61. The summed E-state index contributed by atoms with van der Waals surface area (Å²) in [6.45, 7) is 0. The molecule has 88 valence electrons. The van der Waals surface area contributed by atoms with E-state index in [1.54, 1.807) is 0 Å². The average Bonchev–Trinajstić information content (AvgIpc) is 2.83. The molecule has 1 unspecified atom stereocenters. The zero-order chi connectivity index (χ0) is 11.2. The highest BCUT2D eigenvalue weighted by Gasteiger charge is 2.15. The largest absolute Gasteiger partial charge is 0.323 e. The Kier molecular flexibility index (Phi) is 4.73. The van der Waals surface area contributed by atoms with E-state index in [9.17, 15) is 0 Å². The summed E-state index contributed by atoms with van der Waals surface area (Å²) >= 11 is 2.03. The lowest BCUT2D eigenvalue weighted by atomic mass is 10.1. The second kappa shape index (κ2) is 6.31. The third-order valence-corrected chi connectivity index (χ3v) is 4.66. The van der Waals surface area contributed by atoms with Gasteiger partial charge in [0.25, 0.3) is 0 Å². The lowest BCUT2D eigenvalue weighted by Gasteiger charge is -2.13. The molecule has 1 saturated carbocycles. The van der Waals surface area contributed by atoms with Crippen LogP contribution >= 0.6 is 11.8 Å². The van der Waals surface area contributed by atoms with Crippen LogP contribution in [0.5, 0.6) is 0 Å². The fourth-order valence-electron chi connectivity index (χ4n) is 2.34. The van der Waals surface area contributed by atoms with Gasteiger partial charge in [0.15, 0.2) is 0 Å². The van der Waals surface area contributed by atoms with E-state index in [1.807, 2.05) is 17.8 Å². The molecule has 1 fully saturated rings. The molecule has 2 rings (SSSR count). The molecular formula is C14H21NS. The fourth-order valence-corrected chi connectivity index (χ4v) is 3.58. The minimum atomic E-state index is 0.201. The van der Waals surface area contributed by atoms with Gasteiger partial charge in [-0.15, -0.1) is 0 Å². The van der Waals surface area contributed by atoms with Crippen molar-refractivity contribution in [2.45, 2.75) is 31.7 Å². The zero-order valence-electron chi connectivity index (χ0n) is 9.77. The second-order valence-corrected chi connectivity index (χ2v) is 5.78. The Balaban J connectivity index is 1.69. The summed E-state index contributed by atoms with van der Waals surface area (Å²) in [6.07, 6.45) is 5.76. The lowest BCUT2D eigenvalue weighted by Crippen LogP contribution is -2.13. The van der Waals surface area contributed by atoms with Crippen molar-refractivity contribution in [1.82, 2.24) is 0 Å². The fraction of sp³-hybridized carbons (Fsp3) is 0.571. The average molecular weight is 235 g/mol. The quantitative estimate of drug-likeness (QED) is 0.843. The van der Waals surface area contributed by atoms with Gasteiger partial charge >= 0.3 is 0 Å². The predicted molar refractivity (Wildman–Crippen MR) is 72.7 cm³/mol. The van der Waals surface area contributed by atoms with Crippen molar-refractivity contribution in [2.75, 3.05) is 11.5 Å². The van der Waals surface area contributed by atoms with Gasteiger partial charge in [0.2, 0.25) is 0 Å². The SMILES string of the molecule is NC(CSCC1CCCC1)c1ccccc1. The van der Waals surface area contributed by atoms with Gasteiger partial charge in [0, 0.05) is 11.8 Å². The Hall–Kier alpha value is -0.470. The Labute approximate surface area is 103 Å². The topological polar surface area (TPSA) is 26.0 Å². The number of hydrogen-bond donors (Lipinski definition) is 1. The first-order valence-electron chi connectivity index (χ1n) is 6.24. The van der Waals surface area contributed by atoms with Crippen molar-refractivity contribution in [3.63, 3.8) is 0 Å². The molecule has 2 N–H and O–H groups in total. The molecule has 1 aliphatic carbocycles. The summed E-state index contributed by atoms with van der Waals surface area (Å²) in [4.78, 5) is 0. The maximum absolute atomic E-state index is 6.16. The van der Waals surface area contributed by atoms with E-state index in [0.29, 0.717) is 0 Å². The molecule has 1 aromatic rings. The molecule has 0 spiro atoms. The molecule has 1 aromatic carbocycles. The first kappa shape index (κ1) is 12.0. The van der Waals surface area contributed by atoms with Gasteiger partial charge < -0.3 is 5.73 Å². The highest BCUT2D eigenvalue weighted by atomic mass is 32.2. The monoisotopic (exact) mass is 235 g/mol. The molecular weight excluding hydrogens is 214 g/mol. The van der Waals surface area contributed by atoms with Crippen LogP contribution in [0, 0.1) is 5.92 Å². The summed E-state index contributed by atoms with van der Waals surface area (Å²) in [5.74, 6) is 3.33. The normalized spacial score (nSPS) is 18.8. The van der Waals surface area contributed by atoms with Crippen LogP contribution < -0.4 is 5.73 Å². The van der Waals surface area contributed by atoms with Crippen LogP contribution in [-0.4, -0.2) is 11.5 Å². The molecule has 1 nitrogen and oxygen atoms in total. The summed E-state index contributed by atoms with van der Waals surface area (Å²) in [6, 6.07) is 10.6. The van der Waals surface area contributed by atoms with E-state index in [4.69, 9.17) is 5.73 Å². The van der Waals surface area contributed by atoms with Crippen LogP contribution in [0.4, 0.5) is 0 Å². The molecule has 0 aliphatic heterocycles. The second-order valence-electron chi connectivity index (χ2n) is 4.71. The van der Waals surface area contributed by atoms with Gasteiger partial charge in [-0.25, -0.2) is 0 Å². The number of rotatable bonds is 5. The summed E-state index contributed by atoms with van der Waals surface area (Å²) in [5.41, 5.74) is 7.42. The van der Waals surface area contributed by atoms with Gasteiger partial charge in [-0.3, -0.25) is 0 Å². The number of nitrogens with two attached hydrogens (primary N) is 1. The molecule has 0 bridgehead atoms. The lowest BCUT2D eigenvalue weighted by molar-refractivity contribution is 0.622. The highest BCUT2D eigenvalue weighted by Crippen LogP contribution is 2.28. The van der Waals surface area contributed by atoms with Crippen LogP contribution in [0.15, 0.2) is 30.3 Å². The van der Waals surface area contributed by atoms with Crippen molar-refractivity contribution in [3.8, 4) is 0 Å². The van der Waals surface area contributed by atoms with Gasteiger partial charge in [-0.05, 0) is 30.1 Å². The van der Waals surface area contributed by atoms with Crippen LogP contribution in [-0.2, 0) is 0 Å². The van der Waals surface area contributed by atoms with Crippen LogP contribution in [0.2, 0.25) is 0 Å². The Bertz CT molecular complexity index is 293. The van der Waals surface area contributed by atoms with Crippen molar-refractivity contribution in [2.24, 2.45) is 11.7 Å². The molecule has 0 saturated heterocycles. The smallest absolute Gasteiger partial charge is 0.0386 e. The Morgan fingerprint density at radius 3 is 2.56 bits per heavy atom. The van der Waals surface area contributed by atoms with E-state index >= 15 is 0 Å². The first-order valence-corrected chi connectivity index (χ1v) is 7.40. The molecule has 16 heavy (non-hydrogen) atoms. The molecule has 1 aliphatic rings. The Morgan fingerprint density at radius 1 is 1.19 bits per heavy atom. The van der Waals surface area contributed by atoms with Gasteiger partial charge in [0.1, 0.15) is 0 Å². The van der Waals surface area contributed by atoms with E-state index in [1.165, 1.54) is 37.0 Å².